The summed E-state index contributed by atoms with van der Waals surface area (Å²) in [6.07, 6.45) is 6.27. The van der Waals surface area contributed by atoms with Crippen LogP contribution in [0.25, 0.3) is 0 Å². The zero-order chi connectivity index (χ0) is 8.10. The lowest BCUT2D eigenvalue weighted by molar-refractivity contribution is -0.529. The Balaban J connectivity index is 2.52. The molecule has 0 bridgehead atoms. The average molecular weight is 155 g/mol. The maximum absolute atomic E-state index is 5.91. The Hall–Kier alpha value is -0.530. The van der Waals surface area contributed by atoms with Crippen molar-refractivity contribution in [3.63, 3.8) is 0 Å². The lowest BCUT2D eigenvalue weighted by Gasteiger charge is -2.04. The Kier molecular flexibility index (Phi) is 3.40. The first-order valence-corrected chi connectivity index (χ1v) is 4.71. The summed E-state index contributed by atoms with van der Waals surface area (Å²) < 4.78 is 2.34. The second-order valence-electron chi connectivity index (χ2n) is 3.29. The molecule has 2 N–H and O–H groups in total. The van der Waals surface area contributed by atoms with Gasteiger partial charge in [0.1, 0.15) is 0 Å². The van der Waals surface area contributed by atoms with E-state index in [1.54, 1.807) is 0 Å². The summed E-state index contributed by atoms with van der Waals surface area (Å²) in [5.74, 6) is 1.12. The molecule has 11 heavy (non-hydrogen) atoms. The Labute approximate surface area is 69.1 Å². The zero-order valence-corrected chi connectivity index (χ0v) is 7.47. The molecular weight excluding hydrogens is 136 g/mol. The van der Waals surface area contributed by atoms with Gasteiger partial charge in [0.25, 0.3) is 0 Å². The third-order valence-electron chi connectivity index (χ3n) is 2.26. The molecule has 0 saturated heterocycles. The minimum absolute atomic E-state index is 1.11. The first kappa shape index (κ1) is 8.57. The smallest absolute Gasteiger partial charge is 0.242 e. The third kappa shape index (κ3) is 2.52. The molecule has 0 saturated carbocycles. The van der Waals surface area contributed by atoms with Gasteiger partial charge in [-0.1, -0.05) is 6.92 Å². The second-order valence-corrected chi connectivity index (χ2v) is 3.29. The van der Waals surface area contributed by atoms with E-state index in [0.717, 1.165) is 18.8 Å². The van der Waals surface area contributed by atoms with Gasteiger partial charge in [-0.3, -0.25) is 10.3 Å². The van der Waals surface area contributed by atoms with E-state index >= 15 is 0 Å². The summed E-state index contributed by atoms with van der Waals surface area (Å²) in [6.45, 7) is 4.53. The van der Waals surface area contributed by atoms with Crippen LogP contribution in [-0.4, -0.2) is 23.5 Å². The summed E-state index contributed by atoms with van der Waals surface area (Å²) in [5, 5.41) is 0. The second kappa shape index (κ2) is 4.37. The summed E-state index contributed by atoms with van der Waals surface area (Å²) in [5.41, 5.74) is 5.91. The lowest BCUT2D eigenvalue weighted by Crippen LogP contribution is -2.28. The van der Waals surface area contributed by atoms with Crippen LogP contribution < -0.4 is 5.73 Å². The molecule has 0 radical (unpaired) electrons. The molecule has 0 aromatic heterocycles. The van der Waals surface area contributed by atoms with Crippen molar-refractivity contribution >= 4 is 5.84 Å². The molecule has 1 aliphatic heterocycles. The minimum atomic E-state index is 1.11. The average Bonchev–Trinajstić information content (AvgIpc) is 2.18. The van der Waals surface area contributed by atoms with Crippen LogP contribution in [0.5, 0.6) is 0 Å². The number of rotatable bonds is 2. The zero-order valence-electron chi connectivity index (χ0n) is 7.47. The molecular formula is C9H19N2+. The summed E-state index contributed by atoms with van der Waals surface area (Å²) in [6, 6.07) is 0. The lowest BCUT2D eigenvalue weighted by atomic mass is 10.2. The maximum Gasteiger partial charge on any atom is 0.242 e. The van der Waals surface area contributed by atoms with Crippen molar-refractivity contribution in [2.45, 2.75) is 39.0 Å². The fraction of sp³-hybridized carbons (Fsp3) is 0.889. The molecule has 64 valence electrons. The van der Waals surface area contributed by atoms with Gasteiger partial charge >= 0.3 is 0 Å². The standard InChI is InChI=1S/C9H18N2/c1-2-7-11-8-5-3-4-6-9(11)10/h10H,2-8H2,1H3/p+1. The highest BCUT2D eigenvalue weighted by Crippen LogP contribution is 2.05. The Morgan fingerprint density at radius 3 is 2.91 bits per heavy atom. The molecule has 0 atom stereocenters. The third-order valence-corrected chi connectivity index (χ3v) is 2.26. The van der Waals surface area contributed by atoms with Crippen molar-refractivity contribution in [2.24, 2.45) is 5.73 Å². The topological polar surface area (TPSA) is 29.0 Å². The van der Waals surface area contributed by atoms with Crippen molar-refractivity contribution in [2.75, 3.05) is 13.1 Å². The van der Waals surface area contributed by atoms with Crippen LogP contribution >= 0.6 is 0 Å². The van der Waals surface area contributed by atoms with Gasteiger partial charge in [0.05, 0.1) is 13.1 Å². The van der Waals surface area contributed by atoms with Gasteiger partial charge < -0.3 is 0 Å². The first-order valence-electron chi connectivity index (χ1n) is 4.71. The van der Waals surface area contributed by atoms with Crippen molar-refractivity contribution in [3.05, 3.63) is 0 Å². The summed E-state index contributed by atoms with van der Waals surface area (Å²) in [4.78, 5) is 0. The van der Waals surface area contributed by atoms with Crippen LogP contribution in [0.2, 0.25) is 0 Å². The van der Waals surface area contributed by atoms with E-state index in [0.29, 0.717) is 0 Å². The van der Waals surface area contributed by atoms with Crippen LogP contribution in [0.1, 0.15) is 39.0 Å². The molecule has 0 fully saturated rings. The largest absolute Gasteiger partial charge is 0.291 e. The molecule has 0 aromatic rings. The fourth-order valence-electron chi connectivity index (χ4n) is 1.61. The van der Waals surface area contributed by atoms with E-state index in [1.165, 1.54) is 32.2 Å². The van der Waals surface area contributed by atoms with E-state index in [9.17, 15) is 0 Å². The number of hydrogen-bond donors (Lipinski definition) is 1. The van der Waals surface area contributed by atoms with E-state index in [2.05, 4.69) is 11.5 Å². The van der Waals surface area contributed by atoms with Crippen LogP contribution in [0.3, 0.4) is 0 Å². The van der Waals surface area contributed by atoms with Gasteiger partial charge in [-0.2, -0.15) is 0 Å². The highest BCUT2D eigenvalue weighted by molar-refractivity contribution is 5.75. The molecule has 2 nitrogen and oxygen atoms in total. The van der Waals surface area contributed by atoms with Crippen LogP contribution in [0.15, 0.2) is 0 Å². The Morgan fingerprint density at radius 2 is 2.18 bits per heavy atom. The molecule has 1 heterocycles. The van der Waals surface area contributed by atoms with E-state index in [1.807, 2.05) is 0 Å². The molecule has 2 heteroatoms. The van der Waals surface area contributed by atoms with Gasteiger partial charge in [0.2, 0.25) is 5.84 Å². The predicted molar refractivity (Wildman–Crippen MR) is 47.9 cm³/mol. The van der Waals surface area contributed by atoms with Gasteiger partial charge in [0, 0.05) is 6.42 Å². The molecule has 0 aromatic carbocycles. The number of nitrogens with two attached hydrogens (primary N) is 1. The van der Waals surface area contributed by atoms with Gasteiger partial charge in [-0.05, 0) is 25.7 Å². The Morgan fingerprint density at radius 1 is 1.36 bits per heavy atom. The summed E-state index contributed by atoms with van der Waals surface area (Å²) in [7, 11) is 0. The molecule has 0 aliphatic carbocycles. The molecule has 1 rings (SSSR count). The number of amidine groups is 1. The maximum atomic E-state index is 5.91. The molecule has 0 amide bonds. The SMILES string of the molecule is CCC[N+]1=C(N)CCCCC1. The van der Waals surface area contributed by atoms with Crippen LogP contribution in [-0.2, 0) is 0 Å². The highest BCUT2D eigenvalue weighted by atomic mass is 15.1. The van der Waals surface area contributed by atoms with Crippen molar-refractivity contribution in [1.82, 2.24) is 0 Å². The normalized spacial score (nSPS) is 20.1. The molecule has 0 spiro atoms. The predicted octanol–water partition coefficient (Wildman–Crippen LogP) is 1.34. The van der Waals surface area contributed by atoms with Gasteiger partial charge in [0.15, 0.2) is 0 Å². The van der Waals surface area contributed by atoms with Crippen molar-refractivity contribution in [1.29, 1.82) is 0 Å². The summed E-state index contributed by atoms with van der Waals surface area (Å²) >= 11 is 0. The van der Waals surface area contributed by atoms with E-state index < -0.39 is 0 Å². The minimum Gasteiger partial charge on any atom is -0.291 e. The quantitative estimate of drug-likeness (QED) is 0.599. The molecule has 0 unspecified atom stereocenters. The van der Waals surface area contributed by atoms with E-state index in [4.69, 9.17) is 5.73 Å². The van der Waals surface area contributed by atoms with Gasteiger partial charge in [-0.25, -0.2) is 0 Å². The first-order chi connectivity index (χ1) is 5.34. The Bertz CT molecular complexity index is 150. The van der Waals surface area contributed by atoms with E-state index in [-0.39, 0.29) is 0 Å². The van der Waals surface area contributed by atoms with Crippen molar-refractivity contribution < 1.29 is 4.58 Å². The number of hydrogen-bond acceptors (Lipinski definition) is 1. The highest BCUT2D eigenvalue weighted by Gasteiger charge is 2.11. The monoisotopic (exact) mass is 155 g/mol. The number of nitrogens with zero attached hydrogens (tertiary/aromatic N) is 1. The van der Waals surface area contributed by atoms with Gasteiger partial charge in [-0.15, -0.1) is 0 Å². The van der Waals surface area contributed by atoms with Crippen LogP contribution in [0, 0.1) is 0 Å². The van der Waals surface area contributed by atoms with Crippen LogP contribution in [0.4, 0.5) is 0 Å². The molecule has 1 aliphatic rings. The van der Waals surface area contributed by atoms with Crippen molar-refractivity contribution in [3.8, 4) is 0 Å². The fourth-order valence-corrected chi connectivity index (χ4v) is 1.61.